The largest absolute Gasteiger partial charge is 0.279 e. The number of amides is 1. The summed E-state index contributed by atoms with van der Waals surface area (Å²) in [5.74, 6) is 2.29. The van der Waals surface area contributed by atoms with Crippen LogP contribution in [0.5, 0.6) is 0 Å². The van der Waals surface area contributed by atoms with Gasteiger partial charge in [-0.3, -0.25) is 9.69 Å². The predicted molar refractivity (Wildman–Crippen MR) is 125 cm³/mol. The molecule has 2 aromatic carbocycles. The van der Waals surface area contributed by atoms with Gasteiger partial charge in [-0.2, -0.15) is 11.8 Å². The van der Waals surface area contributed by atoms with Gasteiger partial charge < -0.3 is 0 Å². The smallest absolute Gasteiger partial charge is 0.239 e. The van der Waals surface area contributed by atoms with Crippen LogP contribution in [-0.4, -0.2) is 33.2 Å². The highest BCUT2D eigenvalue weighted by Crippen LogP contribution is 2.46. The summed E-state index contributed by atoms with van der Waals surface area (Å²) in [6.45, 7) is 0. The first kappa shape index (κ1) is 19.3. The summed E-state index contributed by atoms with van der Waals surface area (Å²) in [6.07, 6.45) is 2.18. The van der Waals surface area contributed by atoms with Crippen LogP contribution < -0.4 is 0 Å². The number of nitrogens with zero attached hydrogens (tertiary/aromatic N) is 2. The van der Waals surface area contributed by atoms with Crippen LogP contribution in [-0.2, 0) is 4.79 Å². The van der Waals surface area contributed by atoms with Crippen LogP contribution in [0.15, 0.2) is 70.4 Å². The van der Waals surface area contributed by atoms with Crippen LogP contribution in [0, 0.1) is 0 Å². The number of aliphatic imine (C=N–C) groups is 1. The Morgan fingerprint density at radius 2 is 1.66 bits per heavy atom. The summed E-state index contributed by atoms with van der Waals surface area (Å²) in [7, 11) is 0. The third-order valence-electron chi connectivity index (χ3n) is 5.12. The van der Waals surface area contributed by atoms with E-state index in [0.29, 0.717) is 10.8 Å². The van der Waals surface area contributed by atoms with Gasteiger partial charge in [-0.1, -0.05) is 59.2 Å². The first-order chi connectivity index (χ1) is 14.1. The number of fused-ring (bicyclic) bond motifs is 1. The average molecular weight is 459 g/mol. The molecule has 7 heteroatoms. The fourth-order valence-corrected chi connectivity index (χ4v) is 6.00. The van der Waals surface area contributed by atoms with Gasteiger partial charge in [0.25, 0.3) is 0 Å². The number of hydrogen-bond donors (Lipinski definition) is 0. The summed E-state index contributed by atoms with van der Waals surface area (Å²) in [6, 6.07) is 15.5. The lowest BCUT2D eigenvalue weighted by Crippen LogP contribution is -2.39. The Bertz CT molecular complexity index is 1070. The van der Waals surface area contributed by atoms with Crippen LogP contribution in [0.1, 0.15) is 17.2 Å². The summed E-state index contributed by atoms with van der Waals surface area (Å²) < 4.78 is 0. The average Bonchev–Trinajstić information content (AvgIpc) is 3.10. The minimum atomic E-state index is -0.126. The van der Waals surface area contributed by atoms with E-state index in [1.165, 1.54) is 22.9 Å². The summed E-state index contributed by atoms with van der Waals surface area (Å²) >= 11 is 15.5. The van der Waals surface area contributed by atoms with Gasteiger partial charge in [0.1, 0.15) is 0 Å². The number of thioether (sulfide) groups is 2. The van der Waals surface area contributed by atoms with Gasteiger partial charge in [-0.25, -0.2) is 4.99 Å². The molecule has 0 bridgehead atoms. The highest BCUT2D eigenvalue weighted by molar-refractivity contribution is 8.15. The SMILES string of the molecule is O=C1CSC2=NC3=C(CSC/C3=C\c3ccc(Cl)cc3)C(c3ccc(Cl)cc3)N12. The highest BCUT2D eigenvalue weighted by atomic mass is 35.5. The van der Waals surface area contributed by atoms with Crippen LogP contribution in [0.25, 0.3) is 6.08 Å². The molecule has 0 aromatic heterocycles. The molecule has 3 aliphatic heterocycles. The van der Waals surface area contributed by atoms with E-state index in [9.17, 15) is 4.79 Å². The Morgan fingerprint density at radius 1 is 0.966 bits per heavy atom. The number of hydrogen-bond acceptors (Lipinski definition) is 4. The van der Waals surface area contributed by atoms with Crippen molar-refractivity contribution >= 4 is 63.9 Å². The molecule has 1 amide bonds. The second-order valence-corrected chi connectivity index (χ2v) is 9.79. The maximum Gasteiger partial charge on any atom is 0.239 e. The second kappa shape index (κ2) is 7.88. The van der Waals surface area contributed by atoms with Crippen LogP contribution in [0.2, 0.25) is 10.0 Å². The molecule has 146 valence electrons. The Hall–Kier alpha value is -1.66. The zero-order valence-electron chi connectivity index (χ0n) is 15.3. The second-order valence-electron chi connectivity index (χ2n) is 6.99. The van der Waals surface area contributed by atoms with Gasteiger partial charge in [-0.05, 0) is 52.6 Å². The van der Waals surface area contributed by atoms with Gasteiger partial charge in [0.05, 0.1) is 17.5 Å². The monoisotopic (exact) mass is 458 g/mol. The van der Waals surface area contributed by atoms with E-state index in [1.807, 2.05) is 65.2 Å². The van der Waals surface area contributed by atoms with E-state index < -0.39 is 0 Å². The molecule has 0 saturated carbocycles. The molecule has 3 aliphatic rings. The molecule has 0 aliphatic carbocycles. The fraction of sp³-hybridized carbons (Fsp3) is 0.182. The first-order valence-corrected chi connectivity index (χ1v) is 12.1. The van der Waals surface area contributed by atoms with E-state index >= 15 is 0 Å². The molecule has 29 heavy (non-hydrogen) atoms. The standard InChI is InChI=1S/C22H16Cl2N2OS2/c23-16-5-1-13(2-6-16)9-15-10-28-11-18-20(15)25-22-26(19(27)12-29-22)21(18)14-3-7-17(24)8-4-14/h1-9,21H,10-12H2/b15-9+. The molecule has 0 spiro atoms. The molecular formula is C22H16Cl2N2OS2. The quantitative estimate of drug-likeness (QED) is 0.547. The molecule has 1 saturated heterocycles. The fourth-order valence-electron chi connectivity index (χ4n) is 3.80. The molecule has 2 aromatic rings. The predicted octanol–water partition coefficient (Wildman–Crippen LogP) is 6.06. The number of carbonyl (C=O) groups excluding carboxylic acids is 1. The maximum atomic E-state index is 12.7. The molecule has 1 atom stereocenters. The summed E-state index contributed by atoms with van der Waals surface area (Å²) in [5.41, 5.74) is 5.55. The van der Waals surface area contributed by atoms with Gasteiger partial charge in [0, 0.05) is 21.6 Å². The third-order valence-corrected chi connectivity index (χ3v) is 7.59. The van der Waals surface area contributed by atoms with Gasteiger partial charge in [0.2, 0.25) is 5.91 Å². The Kier molecular flexibility index (Phi) is 5.25. The molecule has 5 rings (SSSR count). The van der Waals surface area contributed by atoms with Crippen LogP contribution in [0.3, 0.4) is 0 Å². The van der Waals surface area contributed by atoms with Gasteiger partial charge in [-0.15, -0.1) is 0 Å². The molecular weight excluding hydrogens is 443 g/mol. The molecule has 1 fully saturated rings. The minimum absolute atomic E-state index is 0.110. The zero-order chi connectivity index (χ0) is 20.0. The normalized spacial score (nSPS) is 22.6. The maximum absolute atomic E-state index is 12.7. The number of benzene rings is 2. The van der Waals surface area contributed by atoms with Crippen molar-refractivity contribution in [1.82, 2.24) is 4.90 Å². The number of allylic oxidation sites excluding steroid dienone is 1. The van der Waals surface area contributed by atoms with Crippen molar-refractivity contribution in [2.75, 3.05) is 17.3 Å². The third kappa shape index (κ3) is 3.66. The Morgan fingerprint density at radius 3 is 2.38 bits per heavy atom. The lowest BCUT2D eigenvalue weighted by molar-refractivity contribution is -0.125. The number of amidine groups is 1. The van der Waals surface area contributed by atoms with Crippen molar-refractivity contribution in [2.45, 2.75) is 6.04 Å². The van der Waals surface area contributed by atoms with E-state index in [-0.39, 0.29) is 11.9 Å². The van der Waals surface area contributed by atoms with Gasteiger partial charge in [0.15, 0.2) is 5.17 Å². The van der Waals surface area contributed by atoms with Gasteiger partial charge >= 0.3 is 0 Å². The minimum Gasteiger partial charge on any atom is -0.279 e. The Labute approximate surface area is 187 Å². The number of rotatable bonds is 2. The lowest BCUT2D eigenvalue weighted by Gasteiger charge is -2.37. The summed E-state index contributed by atoms with van der Waals surface area (Å²) in [5, 5.41) is 2.21. The van der Waals surface area contributed by atoms with E-state index in [2.05, 4.69) is 6.08 Å². The van der Waals surface area contributed by atoms with Crippen molar-refractivity contribution in [3.05, 3.63) is 86.5 Å². The zero-order valence-corrected chi connectivity index (χ0v) is 18.4. The van der Waals surface area contributed by atoms with Crippen molar-refractivity contribution in [2.24, 2.45) is 4.99 Å². The van der Waals surface area contributed by atoms with Crippen molar-refractivity contribution in [1.29, 1.82) is 0 Å². The van der Waals surface area contributed by atoms with Crippen molar-refractivity contribution in [3.8, 4) is 0 Å². The van der Waals surface area contributed by atoms with Crippen LogP contribution in [0.4, 0.5) is 0 Å². The molecule has 3 nitrogen and oxygen atoms in total. The lowest BCUT2D eigenvalue weighted by atomic mass is 9.92. The van der Waals surface area contributed by atoms with E-state index in [0.717, 1.165) is 38.5 Å². The van der Waals surface area contributed by atoms with Crippen molar-refractivity contribution in [3.63, 3.8) is 0 Å². The first-order valence-electron chi connectivity index (χ1n) is 9.16. The summed E-state index contributed by atoms with van der Waals surface area (Å²) in [4.78, 5) is 19.5. The molecule has 3 heterocycles. The number of carbonyl (C=O) groups is 1. The van der Waals surface area contributed by atoms with Crippen molar-refractivity contribution < 1.29 is 4.79 Å². The topological polar surface area (TPSA) is 32.7 Å². The van der Waals surface area contributed by atoms with E-state index in [1.54, 1.807) is 0 Å². The Balaban J connectivity index is 1.64. The number of halogens is 2. The highest BCUT2D eigenvalue weighted by Gasteiger charge is 2.42. The van der Waals surface area contributed by atoms with E-state index in [4.69, 9.17) is 28.2 Å². The molecule has 0 radical (unpaired) electrons. The van der Waals surface area contributed by atoms with Crippen LogP contribution >= 0.6 is 46.7 Å². The molecule has 1 unspecified atom stereocenters. The molecule has 0 N–H and O–H groups in total.